The van der Waals surface area contributed by atoms with Crippen LogP contribution in [-0.2, 0) is 20.7 Å². The maximum absolute atomic E-state index is 12.7. The smallest absolute Gasteiger partial charge is 0.313 e. The van der Waals surface area contributed by atoms with Crippen molar-refractivity contribution in [1.82, 2.24) is 10.2 Å². The minimum atomic E-state index is -0.642. The van der Waals surface area contributed by atoms with Crippen molar-refractivity contribution in [3.8, 4) is 0 Å². The summed E-state index contributed by atoms with van der Waals surface area (Å²) in [5.74, 6) is -1.26. The molecule has 1 atom stereocenters. The lowest BCUT2D eigenvalue weighted by atomic mass is 9.95. The van der Waals surface area contributed by atoms with E-state index in [2.05, 4.69) is 45.7 Å². The Morgan fingerprint density at radius 1 is 1.03 bits per heavy atom. The number of ether oxygens (including phenoxy) is 1. The van der Waals surface area contributed by atoms with E-state index in [1.807, 2.05) is 32.0 Å². The van der Waals surface area contributed by atoms with Crippen LogP contribution in [0.3, 0.4) is 0 Å². The second kappa shape index (κ2) is 10.4. The SMILES string of the molecule is Cc1ccc(C)c(NC(=O)C(=O)NCC(c2ccc3c(c2)CCCN3C)N2CCOCC2)c1. The fourth-order valence-electron chi connectivity index (χ4n) is 4.68. The third-order valence-corrected chi connectivity index (χ3v) is 6.63. The van der Waals surface area contributed by atoms with Crippen molar-refractivity contribution in [2.75, 3.05) is 56.7 Å². The predicted octanol–water partition coefficient (Wildman–Crippen LogP) is 2.81. The van der Waals surface area contributed by atoms with Gasteiger partial charge in [-0.1, -0.05) is 24.3 Å². The molecule has 2 heterocycles. The van der Waals surface area contributed by atoms with Crippen LogP contribution in [0.5, 0.6) is 0 Å². The molecule has 7 heteroatoms. The molecule has 2 aromatic carbocycles. The van der Waals surface area contributed by atoms with E-state index in [1.165, 1.54) is 16.8 Å². The van der Waals surface area contributed by atoms with Crippen molar-refractivity contribution in [2.45, 2.75) is 32.7 Å². The molecule has 2 N–H and O–H groups in total. The third kappa shape index (κ3) is 5.54. The molecule has 0 saturated carbocycles. The monoisotopic (exact) mass is 450 g/mol. The first kappa shape index (κ1) is 23.3. The van der Waals surface area contributed by atoms with Crippen LogP contribution in [0, 0.1) is 13.8 Å². The van der Waals surface area contributed by atoms with Crippen molar-refractivity contribution < 1.29 is 14.3 Å². The maximum atomic E-state index is 12.7. The molecule has 0 aromatic heterocycles. The van der Waals surface area contributed by atoms with Gasteiger partial charge in [0.2, 0.25) is 0 Å². The Kier molecular flexibility index (Phi) is 7.30. The molecule has 1 unspecified atom stereocenters. The molecule has 2 aromatic rings. The zero-order valence-corrected chi connectivity index (χ0v) is 19.8. The van der Waals surface area contributed by atoms with Gasteiger partial charge in [-0.05, 0) is 61.1 Å². The minimum Gasteiger partial charge on any atom is -0.379 e. The Bertz CT molecular complexity index is 1020. The number of benzene rings is 2. The summed E-state index contributed by atoms with van der Waals surface area (Å²) in [6, 6.07) is 12.4. The van der Waals surface area contributed by atoms with Gasteiger partial charge in [-0.3, -0.25) is 14.5 Å². The zero-order chi connectivity index (χ0) is 23.4. The molecule has 1 saturated heterocycles. The molecule has 33 heavy (non-hydrogen) atoms. The zero-order valence-electron chi connectivity index (χ0n) is 19.8. The lowest BCUT2D eigenvalue weighted by molar-refractivity contribution is -0.136. The van der Waals surface area contributed by atoms with Gasteiger partial charge in [0.1, 0.15) is 0 Å². The quantitative estimate of drug-likeness (QED) is 0.686. The highest BCUT2D eigenvalue weighted by molar-refractivity contribution is 6.39. The van der Waals surface area contributed by atoms with Gasteiger partial charge >= 0.3 is 11.8 Å². The Hall–Kier alpha value is -2.90. The normalized spacial score (nSPS) is 17.2. The van der Waals surface area contributed by atoms with Crippen molar-refractivity contribution >= 4 is 23.2 Å². The highest BCUT2D eigenvalue weighted by atomic mass is 16.5. The van der Waals surface area contributed by atoms with E-state index in [1.54, 1.807) is 0 Å². The number of anilines is 2. The fraction of sp³-hybridized carbons (Fsp3) is 0.462. The Morgan fingerprint density at radius 3 is 2.61 bits per heavy atom. The van der Waals surface area contributed by atoms with E-state index in [0.717, 1.165) is 43.6 Å². The second-order valence-electron chi connectivity index (χ2n) is 9.06. The first-order valence-electron chi connectivity index (χ1n) is 11.7. The lowest BCUT2D eigenvalue weighted by Crippen LogP contribution is -2.45. The number of rotatable bonds is 5. The summed E-state index contributed by atoms with van der Waals surface area (Å²) in [5, 5.41) is 5.63. The van der Waals surface area contributed by atoms with Crippen LogP contribution in [0.1, 0.15) is 34.7 Å². The summed E-state index contributed by atoms with van der Waals surface area (Å²) >= 11 is 0. The van der Waals surface area contributed by atoms with Crippen LogP contribution in [0.15, 0.2) is 36.4 Å². The summed E-state index contributed by atoms with van der Waals surface area (Å²) in [6.45, 7) is 8.25. The molecule has 0 radical (unpaired) electrons. The summed E-state index contributed by atoms with van der Waals surface area (Å²) < 4.78 is 5.54. The summed E-state index contributed by atoms with van der Waals surface area (Å²) in [6.07, 6.45) is 2.21. The average Bonchev–Trinajstić information content (AvgIpc) is 2.82. The van der Waals surface area contributed by atoms with E-state index in [9.17, 15) is 9.59 Å². The maximum Gasteiger partial charge on any atom is 0.313 e. The summed E-state index contributed by atoms with van der Waals surface area (Å²) in [5.41, 5.74) is 6.41. The number of nitrogens with one attached hydrogen (secondary N) is 2. The number of amides is 2. The van der Waals surface area contributed by atoms with Gasteiger partial charge in [-0.25, -0.2) is 0 Å². The molecule has 2 aliphatic rings. The van der Waals surface area contributed by atoms with Crippen LogP contribution in [0.4, 0.5) is 11.4 Å². The third-order valence-electron chi connectivity index (χ3n) is 6.63. The van der Waals surface area contributed by atoms with Crippen molar-refractivity contribution in [2.24, 2.45) is 0 Å². The molecule has 2 amide bonds. The number of morpholine rings is 1. The number of carbonyl (C=O) groups is 2. The number of hydrogen-bond donors (Lipinski definition) is 2. The molecule has 1 fully saturated rings. The first-order chi connectivity index (χ1) is 15.9. The minimum absolute atomic E-state index is 0.0103. The van der Waals surface area contributed by atoms with Crippen molar-refractivity contribution in [3.05, 3.63) is 58.7 Å². The van der Waals surface area contributed by atoms with Gasteiger partial charge in [-0.15, -0.1) is 0 Å². The van der Waals surface area contributed by atoms with Gasteiger partial charge in [0.05, 0.1) is 19.3 Å². The molecule has 0 spiro atoms. The molecule has 0 aliphatic carbocycles. The van der Waals surface area contributed by atoms with Crippen LogP contribution in [0.2, 0.25) is 0 Å². The Morgan fingerprint density at radius 2 is 1.82 bits per heavy atom. The van der Waals surface area contributed by atoms with Crippen LogP contribution >= 0.6 is 0 Å². The van der Waals surface area contributed by atoms with Gasteiger partial charge in [0, 0.05) is 44.6 Å². The van der Waals surface area contributed by atoms with Crippen LogP contribution < -0.4 is 15.5 Å². The Labute approximate surface area is 196 Å². The fourth-order valence-corrected chi connectivity index (χ4v) is 4.68. The van der Waals surface area contributed by atoms with Crippen LogP contribution in [-0.4, -0.2) is 63.2 Å². The molecule has 176 valence electrons. The van der Waals surface area contributed by atoms with E-state index in [-0.39, 0.29) is 6.04 Å². The number of aryl methyl sites for hydroxylation is 3. The number of carbonyl (C=O) groups excluding carboxylic acids is 2. The van der Waals surface area contributed by atoms with Crippen LogP contribution in [0.25, 0.3) is 0 Å². The summed E-state index contributed by atoms with van der Waals surface area (Å²) in [7, 11) is 2.13. The molecular weight excluding hydrogens is 416 g/mol. The largest absolute Gasteiger partial charge is 0.379 e. The molecule has 4 rings (SSSR count). The van der Waals surface area contributed by atoms with Gasteiger partial charge in [0.15, 0.2) is 0 Å². The first-order valence-corrected chi connectivity index (χ1v) is 11.7. The highest BCUT2D eigenvalue weighted by Crippen LogP contribution is 2.31. The lowest BCUT2D eigenvalue weighted by Gasteiger charge is -2.36. The van der Waals surface area contributed by atoms with Gasteiger partial charge in [-0.2, -0.15) is 0 Å². The highest BCUT2D eigenvalue weighted by Gasteiger charge is 2.26. The van der Waals surface area contributed by atoms with Crippen molar-refractivity contribution in [1.29, 1.82) is 0 Å². The van der Waals surface area contributed by atoms with E-state index < -0.39 is 11.8 Å². The molecule has 0 bridgehead atoms. The molecule has 2 aliphatic heterocycles. The molecular formula is C26H34N4O3. The summed E-state index contributed by atoms with van der Waals surface area (Å²) in [4.78, 5) is 29.9. The molecule has 7 nitrogen and oxygen atoms in total. The number of hydrogen-bond acceptors (Lipinski definition) is 5. The van der Waals surface area contributed by atoms with Crippen molar-refractivity contribution in [3.63, 3.8) is 0 Å². The number of nitrogens with zero attached hydrogens (tertiary/aromatic N) is 2. The average molecular weight is 451 g/mol. The topological polar surface area (TPSA) is 73.9 Å². The van der Waals surface area contributed by atoms with Gasteiger partial charge in [0.25, 0.3) is 0 Å². The second-order valence-corrected chi connectivity index (χ2v) is 9.06. The predicted molar refractivity (Wildman–Crippen MR) is 131 cm³/mol. The standard InChI is InChI=1S/C26H34N4O3/c1-18-6-7-19(2)22(15-18)28-26(32)25(31)27-17-24(30-11-13-33-14-12-30)21-8-9-23-20(16-21)5-4-10-29(23)3/h6-9,15-16,24H,4-5,10-14,17H2,1-3H3,(H,27,31)(H,28,32). The van der Waals surface area contributed by atoms with Gasteiger partial charge < -0.3 is 20.3 Å². The Balaban J connectivity index is 1.47. The number of fused-ring (bicyclic) bond motifs is 1. The van der Waals surface area contributed by atoms with E-state index >= 15 is 0 Å². The van der Waals surface area contributed by atoms with E-state index in [4.69, 9.17) is 4.74 Å². The van der Waals surface area contributed by atoms with E-state index in [0.29, 0.717) is 25.4 Å².